The van der Waals surface area contributed by atoms with Crippen LogP contribution in [0.1, 0.15) is 32.1 Å². The van der Waals surface area contributed by atoms with Crippen molar-refractivity contribution in [2.24, 2.45) is 11.8 Å². The Morgan fingerprint density at radius 2 is 1.15 bits per heavy atom. The number of methoxy groups -OCH3 is 2. The monoisotopic (exact) mass is 464 g/mol. The van der Waals surface area contributed by atoms with Crippen LogP contribution in [0, 0.1) is 11.8 Å². The molecule has 10 heteroatoms. The Morgan fingerprint density at radius 1 is 0.788 bits per heavy atom. The second kappa shape index (κ2) is 9.46. The zero-order chi connectivity index (χ0) is 23.6. The Labute approximate surface area is 191 Å². The average molecular weight is 464 g/mol. The highest BCUT2D eigenvalue weighted by molar-refractivity contribution is 6.19. The van der Waals surface area contributed by atoms with E-state index < -0.39 is 35.3 Å². The predicted octanol–water partition coefficient (Wildman–Crippen LogP) is 1.02. The fraction of sp³-hybridized carbons (Fsp3) is 0.652. The van der Waals surface area contributed by atoms with Gasteiger partial charge in [-0.05, 0) is 25.0 Å². The molecule has 2 saturated heterocycles. The average Bonchev–Trinajstić information content (AvgIpc) is 3.47. The summed E-state index contributed by atoms with van der Waals surface area (Å²) < 4.78 is 32.4. The third kappa shape index (κ3) is 4.65. The van der Waals surface area contributed by atoms with Crippen molar-refractivity contribution in [1.82, 2.24) is 0 Å². The summed E-state index contributed by atoms with van der Waals surface area (Å²) in [5, 5.41) is 0. The largest absolute Gasteiger partial charge is 0.465 e. The van der Waals surface area contributed by atoms with Gasteiger partial charge < -0.3 is 28.4 Å². The molecule has 2 heterocycles. The maximum Gasteiger partial charge on any atom is 0.341 e. The molecule has 2 fully saturated rings. The van der Waals surface area contributed by atoms with Crippen molar-refractivity contribution in [3.63, 3.8) is 0 Å². The van der Waals surface area contributed by atoms with Crippen molar-refractivity contribution >= 4 is 23.5 Å². The standard InChI is InChI=1S/C23H28O10/c1-28-20(26)16-12-22(30-6-7-31-22)10-14(18(16)24)4-3-5-15-11-23(32-8-9-33-23)13-17(19(15)25)21(27)29-2/h12-15H,3-11H2,1-2H3. The van der Waals surface area contributed by atoms with Gasteiger partial charge in [-0.3, -0.25) is 9.59 Å². The van der Waals surface area contributed by atoms with E-state index in [1.54, 1.807) is 0 Å². The molecule has 0 N–H and O–H groups in total. The summed E-state index contributed by atoms with van der Waals surface area (Å²) in [6.45, 7) is 1.47. The lowest BCUT2D eigenvalue weighted by molar-refractivity contribution is -0.154. The third-order valence-electron chi connectivity index (χ3n) is 6.53. The molecule has 0 aromatic heterocycles. The van der Waals surface area contributed by atoms with E-state index in [1.807, 2.05) is 0 Å². The maximum absolute atomic E-state index is 12.9. The Hall–Kier alpha value is -2.40. The second-order valence-electron chi connectivity index (χ2n) is 8.58. The van der Waals surface area contributed by atoms with Gasteiger partial charge in [-0.15, -0.1) is 0 Å². The van der Waals surface area contributed by atoms with Gasteiger partial charge >= 0.3 is 11.9 Å². The summed E-state index contributed by atoms with van der Waals surface area (Å²) in [7, 11) is 2.43. The molecule has 2 aliphatic carbocycles. The fourth-order valence-corrected chi connectivity index (χ4v) is 4.97. The Kier molecular flexibility index (Phi) is 6.81. The van der Waals surface area contributed by atoms with Crippen molar-refractivity contribution in [3.05, 3.63) is 23.3 Å². The van der Waals surface area contributed by atoms with E-state index >= 15 is 0 Å². The molecule has 180 valence electrons. The van der Waals surface area contributed by atoms with Gasteiger partial charge in [-0.2, -0.15) is 0 Å². The van der Waals surface area contributed by atoms with Gasteiger partial charge in [0.05, 0.1) is 40.6 Å². The zero-order valence-corrected chi connectivity index (χ0v) is 18.8. The van der Waals surface area contributed by atoms with Crippen LogP contribution in [0.2, 0.25) is 0 Å². The summed E-state index contributed by atoms with van der Waals surface area (Å²) >= 11 is 0. The molecule has 2 aliphatic heterocycles. The van der Waals surface area contributed by atoms with Crippen LogP contribution < -0.4 is 0 Å². The van der Waals surface area contributed by atoms with Gasteiger partial charge in [-0.1, -0.05) is 6.42 Å². The number of rotatable bonds is 6. The Balaban J connectivity index is 1.45. The molecule has 0 bridgehead atoms. The summed E-state index contributed by atoms with van der Waals surface area (Å²) in [5.41, 5.74) is -0.154. The van der Waals surface area contributed by atoms with Crippen LogP contribution >= 0.6 is 0 Å². The van der Waals surface area contributed by atoms with Crippen LogP contribution in [-0.4, -0.2) is 75.7 Å². The van der Waals surface area contributed by atoms with Gasteiger partial charge in [0.2, 0.25) is 0 Å². The molecule has 2 unspecified atom stereocenters. The first-order chi connectivity index (χ1) is 15.8. The molecule has 2 atom stereocenters. The third-order valence-corrected chi connectivity index (χ3v) is 6.53. The highest BCUT2D eigenvalue weighted by Gasteiger charge is 2.48. The van der Waals surface area contributed by atoms with E-state index in [1.165, 1.54) is 26.4 Å². The summed E-state index contributed by atoms with van der Waals surface area (Å²) in [4.78, 5) is 50.2. The molecule has 0 saturated carbocycles. The van der Waals surface area contributed by atoms with Gasteiger partial charge in [0, 0.05) is 24.7 Å². The number of ether oxygens (including phenoxy) is 6. The molecule has 0 aromatic rings. The highest BCUT2D eigenvalue weighted by Crippen LogP contribution is 2.40. The predicted molar refractivity (Wildman–Crippen MR) is 110 cm³/mol. The zero-order valence-electron chi connectivity index (χ0n) is 18.8. The summed E-state index contributed by atoms with van der Waals surface area (Å²) in [6, 6.07) is 0. The smallest absolute Gasteiger partial charge is 0.341 e. The minimum Gasteiger partial charge on any atom is -0.465 e. The lowest BCUT2D eigenvalue weighted by Crippen LogP contribution is -2.41. The van der Waals surface area contributed by atoms with E-state index in [0.29, 0.717) is 45.7 Å². The molecular formula is C23H28O10. The van der Waals surface area contributed by atoms with Crippen molar-refractivity contribution in [3.8, 4) is 0 Å². The molecule has 4 aliphatic rings. The van der Waals surface area contributed by atoms with E-state index in [4.69, 9.17) is 28.4 Å². The molecule has 10 nitrogen and oxygen atoms in total. The number of ketones is 2. The SMILES string of the molecule is COC(=O)C1=CC2(CC(CCCC3CC4(C=C(C(=O)OC)C3=O)OCCO4)C1=O)OCCO2. The topological polar surface area (TPSA) is 124 Å². The van der Waals surface area contributed by atoms with Crippen molar-refractivity contribution in [2.75, 3.05) is 40.6 Å². The van der Waals surface area contributed by atoms with Gasteiger partial charge in [0.15, 0.2) is 23.1 Å². The Morgan fingerprint density at radius 3 is 1.48 bits per heavy atom. The molecular weight excluding hydrogens is 436 g/mol. The van der Waals surface area contributed by atoms with E-state index in [9.17, 15) is 19.2 Å². The van der Waals surface area contributed by atoms with Crippen molar-refractivity contribution < 1.29 is 47.6 Å². The van der Waals surface area contributed by atoms with Crippen molar-refractivity contribution in [1.29, 1.82) is 0 Å². The van der Waals surface area contributed by atoms with E-state index in [0.717, 1.165) is 0 Å². The van der Waals surface area contributed by atoms with E-state index in [-0.39, 0.29) is 35.6 Å². The minimum atomic E-state index is -1.11. The van der Waals surface area contributed by atoms with E-state index in [2.05, 4.69) is 0 Å². The first kappa shape index (κ1) is 23.7. The first-order valence-electron chi connectivity index (χ1n) is 11.1. The molecule has 0 radical (unpaired) electrons. The normalized spacial score (nSPS) is 28.1. The van der Waals surface area contributed by atoms with Gasteiger partial charge in [-0.25, -0.2) is 9.59 Å². The van der Waals surface area contributed by atoms with Crippen LogP contribution in [0.5, 0.6) is 0 Å². The van der Waals surface area contributed by atoms with Crippen molar-refractivity contribution in [2.45, 2.75) is 43.7 Å². The molecule has 0 amide bonds. The molecule has 0 aromatic carbocycles. The number of carbonyl (C=O) groups is 4. The molecule has 2 spiro atoms. The lowest BCUT2D eigenvalue weighted by Gasteiger charge is -2.34. The number of hydrogen-bond donors (Lipinski definition) is 0. The maximum atomic E-state index is 12.9. The second-order valence-corrected chi connectivity index (χ2v) is 8.58. The molecule has 4 rings (SSSR count). The van der Waals surface area contributed by atoms with Crippen LogP contribution in [0.3, 0.4) is 0 Å². The number of hydrogen-bond acceptors (Lipinski definition) is 10. The van der Waals surface area contributed by atoms with Crippen LogP contribution in [0.15, 0.2) is 23.3 Å². The molecule has 33 heavy (non-hydrogen) atoms. The van der Waals surface area contributed by atoms with Crippen LogP contribution in [0.25, 0.3) is 0 Å². The fourth-order valence-electron chi connectivity index (χ4n) is 4.97. The Bertz CT molecular complexity index is 817. The van der Waals surface area contributed by atoms with Crippen LogP contribution in [0.4, 0.5) is 0 Å². The number of esters is 2. The lowest BCUT2D eigenvalue weighted by atomic mass is 9.77. The van der Waals surface area contributed by atoms with Gasteiger partial charge in [0.1, 0.15) is 11.1 Å². The quantitative estimate of drug-likeness (QED) is 0.416. The van der Waals surface area contributed by atoms with Crippen LogP contribution in [-0.2, 0) is 47.6 Å². The van der Waals surface area contributed by atoms with Gasteiger partial charge in [0.25, 0.3) is 0 Å². The minimum absolute atomic E-state index is 0.0768. The number of carbonyl (C=O) groups excluding carboxylic acids is 4. The first-order valence-corrected chi connectivity index (χ1v) is 11.1. The highest BCUT2D eigenvalue weighted by atomic mass is 16.7. The summed E-state index contributed by atoms with van der Waals surface area (Å²) in [5.74, 6) is -5.37. The summed E-state index contributed by atoms with van der Waals surface area (Å²) in [6.07, 6.45) is 4.74. The number of Topliss-reactive ketones (excluding diaryl/α,β-unsaturated/α-hetero) is 2.